The average Bonchev–Trinajstić information content (AvgIpc) is 2.34. The van der Waals surface area contributed by atoms with Gasteiger partial charge in [-0.2, -0.15) is 0 Å². The van der Waals surface area contributed by atoms with Gasteiger partial charge < -0.3 is 15.7 Å². The number of nitrogens with one attached hydrogen (secondary N) is 2. The van der Waals surface area contributed by atoms with Gasteiger partial charge in [0.2, 0.25) is 0 Å². The van der Waals surface area contributed by atoms with E-state index in [1.54, 1.807) is 0 Å². The van der Waals surface area contributed by atoms with Gasteiger partial charge in [0.25, 0.3) is 0 Å². The maximum Gasteiger partial charge on any atom is 0.319 e. The highest BCUT2D eigenvalue weighted by Crippen LogP contribution is 2.23. The van der Waals surface area contributed by atoms with Crippen molar-refractivity contribution in [3.05, 3.63) is 28.2 Å². The molecule has 1 aromatic rings. The SMILES string of the molecule is Cc1c(Br)cccc1NC(=O)NC(C)CCCC(=O)O. The zero-order valence-electron chi connectivity index (χ0n) is 11.6. The second-order valence-corrected chi connectivity index (χ2v) is 5.55. The van der Waals surface area contributed by atoms with Crippen molar-refractivity contribution in [1.29, 1.82) is 0 Å². The van der Waals surface area contributed by atoms with Crippen LogP contribution in [0.1, 0.15) is 31.7 Å². The van der Waals surface area contributed by atoms with Gasteiger partial charge in [0.1, 0.15) is 0 Å². The number of carboxylic acid groups (broad SMARTS) is 1. The van der Waals surface area contributed by atoms with Gasteiger partial charge in [0.15, 0.2) is 0 Å². The van der Waals surface area contributed by atoms with Gasteiger partial charge in [-0.25, -0.2) is 4.79 Å². The molecule has 5 nitrogen and oxygen atoms in total. The summed E-state index contributed by atoms with van der Waals surface area (Å²) in [5.74, 6) is -0.814. The van der Waals surface area contributed by atoms with E-state index in [9.17, 15) is 9.59 Å². The zero-order valence-corrected chi connectivity index (χ0v) is 13.2. The molecule has 0 fully saturated rings. The minimum atomic E-state index is -0.814. The highest BCUT2D eigenvalue weighted by molar-refractivity contribution is 9.10. The highest BCUT2D eigenvalue weighted by Gasteiger charge is 2.10. The van der Waals surface area contributed by atoms with Crippen molar-refractivity contribution in [2.75, 3.05) is 5.32 Å². The summed E-state index contributed by atoms with van der Waals surface area (Å²) in [6, 6.07) is 5.24. The minimum absolute atomic E-state index is 0.0678. The molecule has 0 aliphatic carbocycles. The summed E-state index contributed by atoms with van der Waals surface area (Å²) in [6.45, 7) is 3.77. The van der Waals surface area contributed by atoms with E-state index in [4.69, 9.17) is 5.11 Å². The third kappa shape index (κ3) is 5.61. The van der Waals surface area contributed by atoms with Crippen LogP contribution >= 0.6 is 15.9 Å². The van der Waals surface area contributed by atoms with Crippen molar-refractivity contribution in [1.82, 2.24) is 5.32 Å². The van der Waals surface area contributed by atoms with Crippen LogP contribution in [0.2, 0.25) is 0 Å². The number of carbonyl (C=O) groups excluding carboxylic acids is 1. The van der Waals surface area contributed by atoms with Crippen LogP contribution < -0.4 is 10.6 Å². The van der Waals surface area contributed by atoms with Crippen LogP contribution in [0.4, 0.5) is 10.5 Å². The average molecular weight is 343 g/mol. The van der Waals surface area contributed by atoms with E-state index in [-0.39, 0.29) is 18.5 Å². The van der Waals surface area contributed by atoms with E-state index in [2.05, 4.69) is 26.6 Å². The standard InChI is InChI=1S/C14H19BrN2O3/c1-9(5-3-8-13(18)19)16-14(20)17-12-7-4-6-11(15)10(12)2/h4,6-7,9H,3,5,8H2,1-2H3,(H,18,19)(H2,16,17,20). The first-order valence-corrected chi connectivity index (χ1v) is 7.24. The van der Waals surface area contributed by atoms with Crippen LogP contribution in [0, 0.1) is 6.92 Å². The smallest absolute Gasteiger partial charge is 0.319 e. The van der Waals surface area contributed by atoms with E-state index in [0.29, 0.717) is 12.8 Å². The van der Waals surface area contributed by atoms with Gasteiger partial charge in [0.05, 0.1) is 0 Å². The summed E-state index contributed by atoms with van der Waals surface area (Å²) >= 11 is 3.41. The zero-order chi connectivity index (χ0) is 15.1. The quantitative estimate of drug-likeness (QED) is 0.739. The summed E-state index contributed by atoms with van der Waals surface area (Å²) < 4.78 is 0.935. The molecule has 0 heterocycles. The maximum atomic E-state index is 11.8. The molecule has 0 saturated heterocycles. The molecule has 6 heteroatoms. The van der Waals surface area contributed by atoms with Crippen molar-refractivity contribution in [2.45, 2.75) is 39.2 Å². The Labute approximate surface area is 126 Å². The topological polar surface area (TPSA) is 78.4 Å². The molecule has 3 N–H and O–H groups in total. The lowest BCUT2D eigenvalue weighted by atomic mass is 10.1. The lowest BCUT2D eigenvalue weighted by Crippen LogP contribution is -2.36. The molecule has 110 valence electrons. The van der Waals surface area contributed by atoms with E-state index in [0.717, 1.165) is 15.7 Å². The number of aliphatic carboxylic acids is 1. The van der Waals surface area contributed by atoms with Gasteiger partial charge >= 0.3 is 12.0 Å². The first kappa shape index (κ1) is 16.5. The number of hydrogen-bond donors (Lipinski definition) is 3. The fourth-order valence-electron chi connectivity index (χ4n) is 1.76. The Balaban J connectivity index is 2.43. The van der Waals surface area contributed by atoms with Gasteiger partial charge in [-0.1, -0.05) is 22.0 Å². The van der Waals surface area contributed by atoms with Gasteiger partial charge in [-0.05, 0) is 44.4 Å². The molecule has 1 unspecified atom stereocenters. The van der Waals surface area contributed by atoms with Crippen LogP contribution in [0.15, 0.2) is 22.7 Å². The molecule has 0 spiro atoms. The number of rotatable bonds is 6. The number of hydrogen-bond acceptors (Lipinski definition) is 2. The third-order valence-corrected chi connectivity index (χ3v) is 3.78. The number of carbonyl (C=O) groups is 2. The predicted molar refractivity (Wildman–Crippen MR) is 82.0 cm³/mol. The van der Waals surface area contributed by atoms with Crippen molar-refractivity contribution < 1.29 is 14.7 Å². The van der Waals surface area contributed by atoms with Gasteiger partial charge in [-0.3, -0.25) is 4.79 Å². The molecule has 1 atom stereocenters. The summed E-state index contributed by atoms with van der Waals surface area (Å²) in [5.41, 5.74) is 1.70. The fraction of sp³-hybridized carbons (Fsp3) is 0.429. The molecular formula is C14H19BrN2O3. The van der Waals surface area contributed by atoms with Crippen molar-refractivity contribution in [3.63, 3.8) is 0 Å². The van der Waals surface area contributed by atoms with Crippen LogP contribution in [0.25, 0.3) is 0 Å². The monoisotopic (exact) mass is 342 g/mol. The molecule has 1 aromatic carbocycles. The Kier molecular flexibility index (Phi) is 6.51. The van der Waals surface area contributed by atoms with Gasteiger partial charge in [0, 0.05) is 22.6 Å². The number of benzene rings is 1. The Morgan fingerprint density at radius 2 is 2.10 bits per heavy atom. The molecule has 20 heavy (non-hydrogen) atoms. The number of halogens is 1. The Morgan fingerprint density at radius 1 is 1.40 bits per heavy atom. The van der Waals surface area contributed by atoms with E-state index < -0.39 is 5.97 Å². The van der Waals surface area contributed by atoms with Gasteiger partial charge in [-0.15, -0.1) is 0 Å². The molecule has 0 aliphatic heterocycles. The number of urea groups is 1. The number of amides is 2. The predicted octanol–water partition coefficient (Wildman–Crippen LogP) is 3.52. The van der Waals surface area contributed by atoms with Crippen molar-refractivity contribution in [3.8, 4) is 0 Å². The van der Waals surface area contributed by atoms with Crippen LogP contribution in [-0.4, -0.2) is 23.1 Å². The third-order valence-electron chi connectivity index (χ3n) is 2.92. The van der Waals surface area contributed by atoms with E-state index in [1.165, 1.54) is 0 Å². The lowest BCUT2D eigenvalue weighted by Gasteiger charge is -2.15. The number of anilines is 1. The Morgan fingerprint density at radius 3 is 2.75 bits per heavy atom. The molecule has 0 aliphatic rings. The Bertz CT molecular complexity index is 491. The van der Waals surface area contributed by atoms with Crippen LogP contribution in [0.5, 0.6) is 0 Å². The highest BCUT2D eigenvalue weighted by atomic mass is 79.9. The second kappa shape index (κ2) is 7.89. The Hall–Kier alpha value is -1.56. The first-order valence-electron chi connectivity index (χ1n) is 6.44. The molecule has 1 rings (SSSR count). The van der Waals surface area contributed by atoms with Crippen molar-refractivity contribution in [2.24, 2.45) is 0 Å². The molecule has 0 saturated carbocycles. The minimum Gasteiger partial charge on any atom is -0.481 e. The van der Waals surface area contributed by atoms with E-state index in [1.807, 2.05) is 32.0 Å². The summed E-state index contributed by atoms with van der Waals surface area (Å²) in [7, 11) is 0. The summed E-state index contributed by atoms with van der Waals surface area (Å²) in [4.78, 5) is 22.2. The summed E-state index contributed by atoms with van der Waals surface area (Å²) in [5, 5.41) is 14.1. The first-order chi connectivity index (χ1) is 9.40. The normalized spacial score (nSPS) is 11.8. The maximum absolute atomic E-state index is 11.8. The fourth-order valence-corrected chi connectivity index (χ4v) is 2.12. The largest absolute Gasteiger partial charge is 0.481 e. The van der Waals surface area contributed by atoms with Crippen LogP contribution in [-0.2, 0) is 4.79 Å². The molecule has 0 bridgehead atoms. The molecule has 0 aromatic heterocycles. The summed E-state index contributed by atoms with van der Waals surface area (Å²) in [6.07, 6.45) is 1.31. The molecule has 2 amide bonds. The van der Waals surface area contributed by atoms with Crippen molar-refractivity contribution >= 4 is 33.6 Å². The molecular weight excluding hydrogens is 324 g/mol. The number of carboxylic acids is 1. The molecule has 0 radical (unpaired) electrons. The van der Waals surface area contributed by atoms with E-state index >= 15 is 0 Å². The second-order valence-electron chi connectivity index (χ2n) is 4.70. The lowest BCUT2D eigenvalue weighted by molar-refractivity contribution is -0.137. The van der Waals surface area contributed by atoms with Crippen LogP contribution in [0.3, 0.4) is 0 Å².